The number of amides is 1. The highest BCUT2D eigenvalue weighted by atomic mass is 16.5. The van der Waals surface area contributed by atoms with Gasteiger partial charge in [-0.25, -0.2) is 0 Å². The van der Waals surface area contributed by atoms with Crippen LogP contribution in [0.25, 0.3) is 0 Å². The van der Waals surface area contributed by atoms with Crippen molar-refractivity contribution in [2.75, 3.05) is 12.4 Å². The molecular formula is C20H23NO3. The zero-order chi connectivity index (χ0) is 17.5. The number of rotatable bonds is 7. The van der Waals surface area contributed by atoms with Crippen LogP contribution in [0.1, 0.15) is 40.7 Å². The summed E-state index contributed by atoms with van der Waals surface area (Å²) >= 11 is 0. The quantitative estimate of drug-likeness (QED) is 0.772. The van der Waals surface area contributed by atoms with E-state index in [1.54, 1.807) is 31.4 Å². The number of ketones is 1. The van der Waals surface area contributed by atoms with Crippen LogP contribution in [0.2, 0.25) is 0 Å². The number of benzene rings is 2. The van der Waals surface area contributed by atoms with E-state index in [0.29, 0.717) is 24.8 Å². The Hall–Kier alpha value is -2.62. The lowest BCUT2D eigenvalue weighted by Crippen LogP contribution is -2.13. The molecule has 1 N–H and O–H groups in total. The molecule has 1 amide bonds. The molecule has 0 aliphatic carbocycles. The van der Waals surface area contributed by atoms with Gasteiger partial charge in [0.25, 0.3) is 0 Å². The van der Waals surface area contributed by atoms with E-state index in [0.717, 1.165) is 22.6 Å². The van der Waals surface area contributed by atoms with Gasteiger partial charge in [0.2, 0.25) is 5.91 Å². The van der Waals surface area contributed by atoms with Crippen LogP contribution in [-0.4, -0.2) is 18.8 Å². The standard InChI is InChI=1S/C20H23NO3/c1-14-7-8-15(2)18(13-14)21-20(23)6-4-5-19(22)16-9-11-17(24-3)12-10-16/h7-13H,4-6H2,1-3H3,(H,21,23). The molecule has 126 valence electrons. The van der Waals surface area contributed by atoms with Crippen molar-refractivity contribution in [3.05, 3.63) is 59.2 Å². The first-order valence-corrected chi connectivity index (χ1v) is 8.04. The van der Waals surface area contributed by atoms with Gasteiger partial charge in [-0.1, -0.05) is 12.1 Å². The zero-order valence-corrected chi connectivity index (χ0v) is 14.4. The minimum absolute atomic E-state index is 0.0391. The highest BCUT2D eigenvalue weighted by Crippen LogP contribution is 2.17. The van der Waals surface area contributed by atoms with Gasteiger partial charge in [-0.05, 0) is 61.7 Å². The minimum Gasteiger partial charge on any atom is -0.497 e. The Balaban J connectivity index is 1.81. The molecule has 0 heterocycles. The van der Waals surface area contributed by atoms with E-state index in [1.165, 1.54) is 0 Å². The number of carbonyl (C=O) groups is 2. The fraction of sp³-hybridized carbons (Fsp3) is 0.300. The lowest BCUT2D eigenvalue weighted by Gasteiger charge is -2.09. The third-order valence-electron chi connectivity index (χ3n) is 3.89. The summed E-state index contributed by atoms with van der Waals surface area (Å²) in [5.74, 6) is 0.697. The molecule has 0 aliphatic heterocycles. The molecule has 0 aliphatic rings. The van der Waals surface area contributed by atoms with Crippen molar-refractivity contribution < 1.29 is 14.3 Å². The molecule has 0 spiro atoms. The molecule has 0 radical (unpaired) electrons. The Morgan fingerprint density at radius 2 is 1.71 bits per heavy atom. The van der Waals surface area contributed by atoms with Crippen molar-refractivity contribution in [3.63, 3.8) is 0 Å². The first-order chi connectivity index (χ1) is 11.5. The summed E-state index contributed by atoms with van der Waals surface area (Å²) in [6.45, 7) is 3.95. The average molecular weight is 325 g/mol. The molecular weight excluding hydrogens is 302 g/mol. The second-order valence-corrected chi connectivity index (χ2v) is 5.87. The van der Waals surface area contributed by atoms with Crippen LogP contribution < -0.4 is 10.1 Å². The molecule has 2 aromatic carbocycles. The summed E-state index contributed by atoms with van der Waals surface area (Å²) in [5.41, 5.74) is 3.61. The van der Waals surface area contributed by atoms with Gasteiger partial charge in [0, 0.05) is 24.1 Å². The molecule has 0 aromatic heterocycles. The molecule has 4 heteroatoms. The predicted molar refractivity (Wildman–Crippen MR) is 95.7 cm³/mol. The van der Waals surface area contributed by atoms with E-state index >= 15 is 0 Å². The number of carbonyl (C=O) groups excluding carboxylic acids is 2. The number of hydrogen-bond donors (Lipinski definition) is 1. The first-order valence-electron chi connectivity index (χ1n) is 8.04. The van der Waals surface area contributed by atoms with E-state index in [-0.39, 0.29) is 11.7 Å². The number of methoxy groups -OCH3 is 1. The van der Waals surface area contributed by atoms with Gasteiger partial charge in [-0.3, -0.25) is 9.59 Å². The average Bonchev–Trinajstić information content (AvgIpc) is 2.58. The van der Waals surface area contributed by atoms with Gasteiger partial charge >= 0.3 is 0 Å². The molecule has 0 fully saturated rings. The van der Waals surface area contributed by atoms with Gasteiger partial charge in [-0.2, -0.15) is 0 Å². The molecule has 2 rings (SSSR count). The number of anilines is 1. The molecule has 24 heavy (non-hydrogen) atoms. The largest absolute Gasteiger partial charge is 0.497 e. The number of hydrogen-bond acceptors (Lipinski definition) is 3. The molecule has 0 bridgehead atoms. The van der Waals surface area contributed by atoms with Crippen LogP contribution in [0.3, 0.4) is 0 Å². The number of ether oxygens (including phenoxy) is 1. The lowest BCUT2D eigenvalue weighted by atomic mass is 10.0. The van der Waals surface area contributed by atoms with Crippen molar-refractivity contribution in [3.8, 4) is 5.75 Å². The maximum absolute atomic E-state index is 12.1. The van der Waals surface area contributed by atoms with Crippen LogP contribution in [0.4, 0.5) is 5.69 Å². The van der Waals surface area contributed by atoms with Crippen molar-refractivity contribution >= 4 is 17.4 Å². The topological polar surface area (TPSA) is 55.4 Å². The smallest absolute Gasteiger partial charge is 0.224 e. The van der Waals surface area contributed by atoms with Crippen LogP contribution in [-0.2, 0) is 4.79 Å². The fourth-order valence-corrected chi connectivity index (χ4v) is 2.41. The van der Waals surface area contributed by atoms with Gasteiger partial charge in [-0.15, -0.1) is 0 Å². The molecule has 0 saturated carbocycles. The van der Waals surface area contributed by atoms with Crippen LogP contribution in [0.15, 0.2) is 42.5 Å². The Morgan fingerprint density at radius 1 is 1.00 bits per heavy atom. The molecule has 0 unspecified atom stereocenters. The van der Waals surface area contributed by atoms with E-state index in [4.69, 9.17) is 4.74 Å². The Labute approximate surface area is 142 Å². The monoisotopic (exact) mass is 325 g/mol. The number of aryl methyl sites for hydroxylation is 2. The Morgan fingerprint density at radius 3 is 2.38 bits per heavy atom. The second kappa shape index (κ2) is 8.29. The van der Waals surface area contributed by atoms with E-state index in [2.05, 4.69) is 5.32 Å². The number of Topliss-reactive ketones (excluding diaryl/α,β-unsaturated/α-hetero) is 1. The van der Waals surface area contributed by atoms with Crippen molar-refractivity contribution in [1.82, 2.24) is 0 Å². The maximum Gasteiger partial charge on any atom is 0.224 e. The summed E-state index contributed by atoms with van der Waals surface area (Å²) in [7, 11) is 1.59. The highest BCUT2D eigenvalue weighted by molar-refractivity contribution is 5.97. The van der Waals surface area contributed by atoms with Crippen LogP contribution >= 0.6 is 0 Å². The Kier molecular flexibility index (Phi) is 6.13. The number of nitrogens with one attached hydrogen (secondary N) is 1. The second-order valence-electron chi connectivity index (χ2n) is 5.87. The normalized spacial score (nSPS) is 10.3. The lowest BCUT2D eigenvalue weighted by molar-refractivity contribution is -0.116. The summed E-state index contributed by atoms with van der Waals surface area (Å²) in [5, 5.41) is 2.91. The van der Waals surface area contributed by atoms with Crippen LogP contribution in [0.5, 0.6) is 5.75 Å². The first kappa shape index (κ1) is 17.7. The predicted octanol–water partition coefficient (Wildman–Crippen LogP) is 4.30. The molecule has 0 saturated heterocycles. The highest BCUT2D eigenvalue weighted by Gasteiger charge is 2.09. The van der Waals surface area contributed by atoms with Gasteiger partial charge in [0.15, 0.2) is 5.78 Å². The van der Waals surface area contributed by atoms with Gasteiger partial charge < -0.3 is 10.1 Å². The van der Waals surface area contributed by atoms with E-state index in [9.17, 15) is 9.59 Å². The van der Waals surface area contributed by atoms with Crippen LogP contribution in [0, 0.1) is 13.8 Å². The van der Waals surface area contributed by atoms with Crippen molar-refractivity contribution in [1.29, 1.82) is 0 Å². The zero-order valence-electron chi connectivity index (χ0n) is 14.4. The fourth-order valence-electron chi connectivity index (χ4n) is 2.41. The molecule has 2 aromatic rings. The third-order valence-corrected chi connectivity index (χ3v) is 3.89. The van der Waals surface area contributed by atoms with Crippen molar-refractivity contribution in [2.45, 2.75) is 33.1 Å². The SMILES string of the molecule is COc1ccc(C(=O)CCCC(=O)Nc2cc(C)ccc2C)cc1. The minimum atomic E-state index is -0.0637. The van der Waals surface area contributed by atoms with Gasteiger partial charge in [0.05, 0.1) is 7.11 Å². The Bertz CT molecular complexity index is 720. The molecule has 4 nitrogen and oxygen atoms in total. The maximum atomic E-state index is 12.1. The molecule has 0 atom stereocenters. The summed E-state index contributed by atoms with van der Waals surface area (Å²) in [4.78, 5) is 24.1. The van der Waals surface area contributed by atoms with Crippen molar-refractivity contribution in [2.24, 2.45) is 0 Å². The third kappa shape index (κ3) is 4.95. The van der Waals surface area contributed by atoms with E-state index < -0.39 is 0 Å². The summed E-state index contributed by atoms with van der Waals surface area (Å²) in [6, 6.07) is 13.0. The van der Waals surface area contributed by atoms with E-state index in [1.807, 2.05) is 32.0 Å². The summed E-state index contributed by atoms with van der Waals surface area (Å²) < 4.78 is 5.07. The summed E-state index contributed by atoms with van der Waals surface area (Å²) in [6.07, 6.45) is 1.21. The van der Waals surface area contributed by atoms with Gasteiger partial charge in [0.1, 0.15) is 5.75 Å².